The molecule has 0 saturated heterocycles. The zero-order valence-corrected chi connectivity index (χ0v) is 19.4. The molecule has 0 saturated carbocycles. The van der Waals surface area contributed by atoms with Gasteiger partial charge in [0.1, 0.15) is 5.56 Å². The van der Waals surface area contributed by atoms with Crippen molar-refractivity contribution in [1.82, 2.24) is 19.5 Å². The smallest absolute Gasteiger partial charge is 0.331 e. The van der Waals surface area contributed by atoms with Gasteiger partial charge in [0.2, 0.25) is 5.88 Å². The maximum Gasteiger partial charge on any atom is 0.331 e. The predicted octanol–water partition coefficient (Wildman–Crippen LogP) is 2.72. The van der Waals surface area contributed by atoms with Crippen molar-refractivity contribution in [3.05, 3.63) is 98.3 Å². The Morgan fingerprint density at radius 3 is 2.69 bits per heavy atom. The van der Waals surface area contributed by atoms with Crippen LogP contribution in [0.4, 0.5) is 0 Å². The van der Waals surface area contributed by atoms with E-state index in [0.29, 0.717) is 25.2 Å². The second-order valence-electron chi connectivity index (χ2n) is 8.62. The summed E-state index contributed by atoms with van der Waals surface area (Å²) in [5.41, 5.74) is 5.62. The molecule has 1 atom stereocenters. The summed E-state index contributed by atoms with van der Waals surface area (Å²) in [5.74, 6) is -0.373. The molecule has 1 aliphatic rings. The van der Waals surface area contributed by atoms with Crippen LogP contribution in [0.5, 0.6) is 5.88 Å². The topological polar surface area (TPSA) is 114 Å². The first-order valence-electron chi connectivity index (χ1n) is 11.6. The van der Waals surface area contributed by atoms with Gasteiger partial charge in [0.15, 0.2) is 0 Å². The van der Waals surface area contributed by atoms with Gasteiger partial charge in [-0.3, -0.25) is 14.3 Å². The molecule has 1 aliphatic heterocycles. The third kappa shape index (κ3) is 4.38. The highest BCUT2D eigenvalue weighted by Crippen LogP contribution is 2.32. The number of hydrogen-bond acceptors (Lipinski definition) is 6. The zero-order chi connectivity index (χ0) is 24.4. The normalized spacial score (nSPS) is 15.3. The number of nitrogens with zero attached hydrogens (tertiary/aromatic N) is 3. The maximum atomic E-state index is 12.6. The van der Waals surface area contributed by atoms with E-state index in [9.17, 15) is 14.7 Å². The number of benzene rings is 2. The maximum absolute atomic E-state index is 12.6. The van der Waals surface area contributed by atoms with E-state index in [2.05, 4.69) is 50.5 Å². The van der Waals surface area contributed by atoms with Crippen molar-refractivity contribution < 1.29 is 9.84 Å². The summed E-state index contributed by atoms with van der Waals surface area (Å²) in [6.07, 6.45) is 3.03. The van der Waals surface area contributed by atoms with Crippen molar-refractivity contribution in [3.63, 3.8) is 0 Å². The van der Waals surface area contributed by atoms with Crippen LogP contribution in [0.1, 0.15) is 35.6 Å². The number of hydrazone groups is 1. The largest absolute Gasteiger partial charge is 0.494 e. The number of aromatic hydroxyl groups is 1. The number of methoxy groups -OCH3 is 1. The Bertz CT molecular complexity index is 1500. The lowest BCUT2D eigenvalue weighted by molar-refractivity contribution is 0.188. The fourth-order valence-electron chi connectivity index (χ4n) is 4.64. The summed E-state index contributed by atoms with van der Waals surface area (Å²) in [6, 6.07) is 18.3. The number of para-hydroxylation sites is 1. The summed E-state index contributed by atoms with van der Waals surface area (Å²) < 4.78 is 8.39. The fourth-order valence-corrected chi connectivity index (χ4v) is 4.64. The van der Waals surface area contributed by atoms with E-state index in [1.807, 2.05) is 30.3 Å². The van der Waals surface area contributed by atoms with Gasteiger partial charge in [-0.25, -0.2) is 4.79 Å². The van der Waals surface area contributed by atoms with Gasteiger partial charge in [-0.1, -0.05) is 48.5 Å². The molecule has 5 rings (SSSR count). The van der Waals surface area contributed by atoms with Gasteiger partial charge < -0.3 is 19.8 Å². The minimum atomic E-state index is -0.653. The number of H-pyrrole nitrogens is 1. The van der Waals surface area contributed by atoms with E-state index in [-0.39, 0.29) is 24.0 Å². The highest BCUT2D eigenvalue weighted by molar-refractivity contribution is 6.03. The van der Waals surface area contributed by atoms with Crippen molar-refractivity contribution in [3.8, 4) is 5.88 Å². The van der Waals surface area contributed by atoms with Crippen LogP contribution in [-0.4, -0.2) is 38.7 Å². The third-order valence-corrected chi connectivity index (χ3v) is 6.33. The van der Waals surface area contributed by atoms with Crippen LogP contribution in [0.2, 0.25) is 0 Å². The predicted molar refractivity (Wildman–Crippen MR) is 134 cm³/mol. The second-order valence-corrected chi connectivity index (χ2v) is 8.62. The number of aromatic nitrogens is 3. The number of hydrogen-bond donors (Lipinski definition) is 3. The molecule has 2 aromatic heterocycles. The van der Waals surface area contributed by atoms with Crippen LogP contribution in [-0.2, 0) is 17.8 Å². The summed E-state index contributed by atoms with van der Waals surface area (Å²) in [4.78, 5) is 27.2. The van der Waals surface area contributed by atoms with Gasteiger partial charge >= 0.3 is 5.69 Å². The van der Waals surface area contributed by atoms with Crippen LogP contribution in [0.15, 0.2) is 75.5 Å². The standard InChI is InChI=1S/C26H27N5O4/c1-35-13-7-12-31-25(33)23(24(32)27-26(31)34)21-14-20(28-29-21)19-16-30(15-17-8-3-2-4-9-17)22-11-6-5-10-18(19)22/h2-6,8-11,16,20,28,33H,7,12-15H2,1H3,(H,27,32,34)/t20-/m1/s1. The molecule has 0 radical (unpaired) electrons. The van der Waals surface area contributed by atoms with Gasteiger partial charge in [0.25, 0.3) is 5.56 Å². The molecule has 2 aromatic carbocycles. The molecule has 9 heteroatoms. The average molecular weight is 474 g/mol. The van der Waals surface area contributed by atoms with Crippen molar-refractivity contribution in [2.45, 2.75) is 32.0 Å². The highest BCUT2D eigenvalue weighted by Gasteiger charge is 2.29. The fraction of sp³-hybridized carbons (Fsp3) is 0.269. The van der Waals surface area contributed by atoms with Crippen LogP contribution in [0.3, 0.4) is 0 Å². The van der Waals surface area contributed by atoms with Crippen molar-refractivity contribution in [2.75, 3.05) is 13.7 Å². The molecule has 3 N–H and O–H groups in total. The first-order valence-corrected chi connectivity index (χ1v) is 11.6. The Hall–Kier alpha value is -4.11. The molecule has 0 spiro atoms. The molecule has 0 aliphatic carbocycles. The summed E-state index contributed by atoms with van der Waals surface area (Å²) in [6.45, 7) is 1.38. The summed E-state index contributed by atoms with van der Waals surface area (Å²) in [5, 5.41) is 16.3. The van der Waals surface area contributed by atoms with Crippen LogP contribution in [0, 0.1) is 0 Å². The lowest BCUT2D eigenvalue weighted by Gasteiger charge is -2.11. The molecular weight excluding hydrogens is 446 g/mol. The molecular formula is C26H27N5O4. The molecule has 180 valence electrons. The zero-order valence-electron chi connectivity index (χ0n) is 19.4. The second kappa shape index (κ2) is 9.63. The average Bonchev–Trinajstić information content (AvgIpc) is 3.47. The molecule has 4 aromatic rings. The van der Waals surface area contributed by atoms with E-state index < -0.39 is 11.2 Å². The van der Waals surface area contributed by atoms with Gasteiger partial charge in [0.05, 0.1) is 11.8 Å². The van der Waals surface area contributed by atoms with Crippen LogP contribution in [0.25, 0.3) is 10.9 Å². The minimum Gasteiger partial charge on any atom is -0.494 e. The summed E-state index contributed by atoms with van der Waals surface area (Å²) >= 11 is 0. The van der Waals surface area contributed by atoms with Gasteiger partial charge in [-0.2, -0.15) is 5.10 Å². The number of ether oxygens (including phenoxy) is 1. The lowest BCUT2D eigenvalue weighted by Crippen LogP contribution is -2.34. The van der Waals surface area contributed by atoms with Gasteiger partial charge in [-0.05, 0) is 18.1 Å². The molecule has 35 heavy (non-hydrogen) atoms. The SMILES string of the molecule is COCCCn1c(O)c(C2=NN[C@@H](c3cn(Cc4ccccc4)c4ccccc34)C2)c(=O)[nH]c1=O. The first-order chi connectivity index (χ1) is 17.1. The Kier molecular flexibility index (Phi) is 6.24. The number of fused-ring (bicyclic) bond motifs is 1. The number of aromatic amines is 1. The quantitative estimate of drug-likeness (QED) is 0.341. The van der Waals surface area contributed by atoms with Crippen molar-refractivity contribution >= 4 is 16.6 Å². The molecule has 3 heterocycles. The van der Waals surface area contributed by atoms with Crippen molar-refractivity contribution in [1.29, 1.82) is 0 Å². The Morgan fingerprint density at radius 2 is 1.89 bits per heavy atom. The van der Waals surface area contributed by atoms with Crippen LogP contribution < -0.4 is 16.7 Å². The Morgan fingerprint density at radius 1 is 1.11 bits per heavy atom. The molecule has 0 unspecified atom stereocenters. The summed E-state index contributed by atoms with van der Waals surface area (Å²) in [7, 11) is 1.57. The van der Waals surface area contributed by atoms with E-state index >= 15 is 0 Å². The minimum absolute atomic E-state index is 0.0186. The molecule has 0 bridgehead atoms. The Balaban J connectivity index is 1.45. The van der Waals surface area contributed by atoms with Crippen LogP contribution >= 0.6 is 0 Å². The van der Waals surface area contributed by atoms with Gasteiger partial charge in [-0.15, -0.1) is 0 Å². The molecule has 0 amide bonds. The third-order valence-electron chi connectivity index (χ3n) is 6.33. The highest BCUT2D eigenvalue weighted by atomic mass is 16.5. The van der Waals surface area contributed by atoms with Crippen molar-refractivity contribution in [2.24, 2.45) is 5.10 Å². The van der Waals surface area contributed by atoms with Gasteiger partial charge in [0, 0.05) is 55.9 Å². The Labute approximate surface area is 201 Å². The van der Waals surface area contributed by atoms with E-state index in [0.717, 1.165) is 27.6 Å². The molecule has 0 fully saturated rings. The van der Waals surface area contributed by atoms with E-state index in [1.54, 1.807) is 7.11 Å². The lowest BCUT2D eigenvalue weighted by atomic mass is 9.99. The van der Waals surface area contributed by atoms with E-state index in [1.165, 1.54) is 5.56 Å². The number of rotatable bonds is 8. The number of nitrogens with one attached hydrogen (secondary N) is 2. The first kappa shape index (κ1) is 22.7. The molecule has 9 nitrogen and oxygen atoms in total. The van der Waals surface area contributed by atoms with E-state index in [4.69, 9.17) is 4.74 Å². The monoisotopic (exact) mass is 473 g/mol.